The fourth-order valence-corrected chi connectivity index (χ4v) is 1.49. The molecule has 0 spiro atoms. The summed E-state index contributed by atoms with van der Waals surface area (Å²) in [7, 11) is 1.71. The zero-order chi connectivity index (χ0) is 14.8. The number of halogens is 3. The molecule has 5 nitrogen and oxygen atoms in total. The third-order valence-electron chi connectivity index (χ3n) is 2.78. The molecule has 0 bridgehead atoms. The van der Waals surface area contributed by atoms with Gasteiger partial charge in [0.05, 0.1) is 18.1 Å². The Labute approximate surface area is 113 Å². The van der Waals surface area contributed by atoms with Crippen LogP contribution >= 0.6 is 0 Å². The van der Waals surface area contributed by atoms with E-state index in [1.165, 1.54) is 12.4 Å². The van der Waals surface area contributed by atoms with Crippen LogP contribution in [0.15, 0.2) is 29.2 Å². The maximum Gasteiger partial charge on any atom is 0.430 e. The zero-order valence-electron chi connectivity index (χ0n) is 10.8. The first-order valence-corrected chi connectivity index (χ1v) is 6.03. The second-order valence-electron chi connectivity index (χ2n) is 4.43. The van der Waals surface area contributed by atoms with Crippen molar-refractivity contribution in [3.05, 3.63) is 24.2 Å². The van der Waals surface area contributed by atoms with E-state index in [1.54, 1.807) is 7.05 Å². The number of hydrogen-bond donors (Lipinski definition) is 2. The maximum atomic E-state index is 12.4. The Morgan fingerprint density at radius 1 is 1.40 bits per heavy atom. The van der Waals surface area contributed by atoms with Crippen LogP contribution in [0.2, 0.25) is 0 Å². The molecule has 8 heteroatoms. The van der Waals surface area contributed by atoms with Gasteiger partial charge >= 0.3 is 6.18 Å². The molecule has 1 saturated carbocycles. The Morgan fingerprint density at radius 2 is 2.00 bits per heavy atom. The normalized spacial score (nSPS) is 17.2. The molecule has 0 unspecified atom stereocenters. The van der Waals surface area contributed by atoms with E-state index in [-0.39, 0.29) is 17.6 Å². The lowest BCUT2D eigenvalue weighted by molar-refractivity contribution is -0.0925. The highest BCUT2D eigenvalue weighted by molar-refractivity contribution is 6.00. The number of nitrogens with one attached hydrogen (secondary N) is 1. The number of anilines is 1. The van der Waals surface area contributed by atoms with Crippen molar-refractivity contribution in [2.75, 3.05) is 12.4 Å². The van der Waals surface area contributed by atoms with Crippen LogP contribution in [0.25, 0.3) is 0 Å². The largest absolute Gasteiger partial charge is 0.430 e. The summed E-state index contributed by atoms with van der Waals surface area (Å²) in [6, 6.07) is 0. The van der Waals surface area contributed by atoms with E-state index in [9.17, 15) is 13.2 Å². The molecule has 1 fully saturated rings. The zero-order valence-corrected chi connectivity index (χ0v) is 10.8. The van der Waals surface area contributed by atoms with Gasteiger partial charge in [0.15, 0.2) is 0 Å². The second-order valence-corrected chi connectivity index (χ2v) is 4.43. The number of alkyl halides is 3. The van der Waals surface area contributed by atoms with Crippen LogP contribution in [0.5, 0.6) is 0 Å². The van der Waals surface area contributed by atoms with Crippen molar-refractivity contribution >= 4 is 17.3 Å². The van der Waals surface area contributed by atoms with E-state index in [0.29, 0.717) is 5.69 Å². The number of aliphatic imine (C=N–C) groups is 1. The minimum atomic E-state index is -4.55. The summed E-state index contributed by atoms with van der Waals surface area (Å²) in [5.41, 5.74) is 4.84. The maximum absolute atomic E-state index is 12.4. The van der Waals surface area contributed by atoms with Gasteiger partial charge in [0, 0.05) is 18.7 Å². The van der Waals surface area contributed by atoms with E-state index < -0.39 is 11.9 Å². The van der Waals surface area contributed by atoms with Crippen molar-refractivity contribution in [2.45, 2.75) is 19.0 Å². The molecule has 20 heavy (non-hydrogen) atoms. The average Bonchev–Trinajstić information content (AvgIpc) is 3.22. The molecule has 1 heterocycles. The number of aromatic nitrogens is 2. The lowest BCUT2D eigenvalue weighted by Crippen LogP contribution is -2.21. The Balaban J connectivity index is 2.26. The highest BCUT2D eigenvalue weighted by atomic mass is 19.4. The van der Waals surface area contributed by atoms with E-state index in [1.807, 2.05) is 0 Å². The van der Waals surface area contributed by atoms with Gasteiger partial charge in [-0.05, 0) is 18.9 Å². The molecule has 3 N–H and O–H groups in total. The number of nitrogens with two attached hydrogens (primary N) is 1. The van der Waals surface area contributed by atoms with E-state index in [0.717, 1.165) is 18.9 Å². The molecule has 0 amide bonds. The molecule has 0 aliphatic heterocycles. The van der Waals surface area contributed by atoms with Gasteiger partial charge in [-0.25, -0.2) is 15.0 Å². The molecule has 108 valence electrons. The Bertz CT molecular complexity index is 529. The van der Waals surface area contributed by atoms with Gasteiger partial charge in [-0.1, -0.05) is 0 Å². The molecule has 0 atom stereocenters. The molecule has 1 aliphatic rings. The summed E-state index contributed by atoms with van der Waals surface area (Å²) in [5, 5.41) is 2.84. The number of hydrogen-bond acceptors (Lipinski definition) is 5. The first-order valence-electron chi connectivity index (χ1n) is 6.03. The van der Waals surface area contributed by atoms with Crippen LogP contribution in [0.1, 0.15) is 12.8 Å². The third kappa shape index (κ3) is 3.69. The predicted octanol–water partition coefficient (Wildman–Crippen LogP) is 2.41. The highest BCUT2D eigenvalue weighted by Crippen LogP contribution is 2.33. The van der Waals surface area contributed by atoms with Gasteiger partial charge in [0.1, 0.15) is 5.70 Å². The van der Waals surface area contributed by atoms with Crippen molar-refractivity contribution in [3.63, 3.8) is 0 Å². The van der Waals surface area contributed by atoms with Crippen LogP contribution in [-0.4, -0.2) is 28.9 Å². The number of allylic oxidation sites excluding steroid dienone is 2. The predicted molar refractivity (Wildman–Crippen MR) is 69.7 cm³/mol. The monoisotopic (exact) mass is 285 g/mol. The number of rotatable bonds is 4. The third-order valence-corrected chi connectivity index (χ3v) is 2.78. The standard InChI is InChI=1S/C12H14F3N5/c1-17-8-5-18-11(19-6-8)20-9(7-2-3-7)4-10(16)12(13,14)15/h4-7,17H,2-3,16H2,1H3. The van der Waals surface area contributed by atoms with Crippen molar-refractivity contribution in [3.8, 4) is 0 Å². The van der Waals surface area contributed by atoms with Gasteiger partial charge in [0.2, 0.25) is 5.95 Å². The first-order chi connectivity index (χ1) is 9.40. The van der Waals surface area contributed by atoms with Gasteiger partial charge in [-0.15, -0.1) is 0 Å². The lowest BCUT2D eigenvalue weighted by Gasteiger charge is -2.07. The van der Waals surface area contributed by atoms with Gasteiger partial charge < -0.3 is 11.1 Å². The molecule has 2 rings (SSSR count). The first kappa shape index (κ1) is 14.3. The molecular formula is C12H14F3N5. The van der Waals surface area contributed by atoms with Gasteiger partial charge in [-0.3, -0.25) is 0 Å². The van der Waals surface area contributed by atoms with Crippen LogP contribution < -0.4 is 11.1 Å². The topological polar surface area (TPSA) is 76.2 Å². The molecular weight excluding hydrogens is 271 g/mol. The SMILES string of the molecule is CNc1cnc(N=C(C=C(N)C(F)(F)F)C2CC2)nc1. The van der Waals surface area contributed by atoms with E-state index >= 15 is 0 Å². The van der Waals surface area contributed by atoms with Crippen LogP contribution in [0.4, 0.5) is 24.8 Å². The second kappa shape index (κ2) is 5.48. The Hall–Kier alpha value is -2.12. The fraction of sp³-hybridized carbons (Fsp3) is 0.417. The molecule has 0 radical (unpaired) electrons. The van der Waals surface area contributed by atoms with E-state index in [2.05, 4.69) is 20.3 Å². The Morgan fingerprint density at radius 3 is 2.45 bits per heavy atom. The molecule has 0 aromatic carbocycles. The minimum Gasteiger partial charge on any atom is -0.395 e. The van der Waals surface area contributed by atoms with Crippen molar-refractivity contribution in [2.24, 2.45) is 16.6 Å². The van der Waals surface area contributed by atoms with Crippen molar-refractivity contribution in [1.29, 1.82) is 0 Å². The Kier molecular flexibility index (Phi) is 3.91. The highest BCUT2D eigenvalue weighted by Gasteiger charge is 2.34. The smallest absolute Gasteiger partial charge is 0.395 e. The van der Waals surface area contributed by atoms with Gasteiger partial charge in [0.25, 0.3) is 0 Å². The van der Waals surface area contributed by atoms with Crippen molar-refractivity contribution in [1.82, 2.24) is 9.97 Å². The summed E-state index contributed by atoms with van der Waals surface area (Å²) in [4.78, 5) is 12.0. The van der Waals surface area contributed by atoms with E-state index in [4.69, 9.17) is 5.73 Å². The molecule has 1 aromatic rings. The van der Waals surface area contributed by atoms with Crippen molar-refractivity contribution < 1.29 is 13.2 Å². The number of nitrogens with zero attached hydrogens (tertiary/aromatic N) is 3. The average molecular weight is 285 g/mol. The summed E-state index contributed by atoms with van der Waals surface area (Å²) in [6.07, 6.45) is 0.935. The lowest BCUT2D eigenvalue weighted by atomic mass is 10.2. The molecule has 1 aromatic heterocycles. The summed E-state index contributed by atoms with van der Waals surface area (Å²) in [6.45, 7) is 0. The van der Waals surface area contributed by atoms with Gasteiger partial charge in [-0.2, -0.15) is 13.2 Å². The summed E-state index contributed by atoms with van der Waals surface area (Å²) >= 11 is 0. The fourth-order valence-electron chi connectivity index (χ4n) is 1.49. The van der Waals surface area contributed by atoms with Crippen LogP contribution in [0.3, 0.4) is 0 Å². The van der Waals surface area contributed by atoms with Crippen LogP contribution in [0, 0.1) is 5.92 Å². The van der Waals surface area contributed by atoms with Crippen LogP contribution in [-0.2, 0) is 0 Å². The summed E-state index contributed by atoms with van der Waals surface area (Å²) in [5.74, 6) is 0.126. The quantitative estimate of drug-likeness (QED) is 0.833. The summed E-state index contributed by atoms with van der Waals surface area (Å²) < 4.78 is 37.3. The molecule has 0 saturated heterocycles. The molecule has 1 aliphatic carbocycles. The minimum absolute atomic E-state index is 0.00322.